The summed E-state index contributed by atoms with van der Waals surface area (Å²) in [7, 11) is 0. The molecule has 4 nitrogen and oxygen atoms in total. The largest absolute Gasteiger partial charge is 0.481 e. The van der Waals surface area contributed by atoms with Gasteiger partial charge in [-0.25, -0.2) is 0 Å². The summed E-state index contributed by atoms with van der Waals surface area (Å²) in [5.74, 6) is -1.10. The molecule has 0 aliphatic heterocycles. The molecular weight excluding hydrogens is 254 g/mol. The number of amides is 1. The standard InChI is InChI=1S/C16H23NO3/c1-6-16(5,15(19)20)9-17-14(18)13-11(3)7-10(2)8-12(13)4/h7-8H,6,9H2,1-5H3,(H,17,18)(H,19,20). The molecular formula is C16H23NO3. The molecule has 1 rings (SSSR count). The number of carboxylic acids is 1. The Kier molecular flexibility index (Phi) is 4.93. The fourth-order valence-electron chi connectivity index (χ4n) is 2.25. The maximum atomic E-state index is 12.3. The van der Waals surface area contributed by atoms with E-state index in [9.17, 15) is 14.7 Å². The summed E-state index contributed by atoms with van der Waals surface area (Å²) in [6, 6.07) is 3.91. The van der Waals surface area contributed by atoms with Crippen LogP contribution < -0.4 is 5.32 Å². The molecule has 0 bridgehead atoms. The molecule has 1 aromatic carbocycles. The van der Waals surface area contributed by atoms with Crippen LogP contribution in [0, 0.1) is 26.2 Å². The van der Waals surface area contributed by atoms with Gasteiger partial charge in [0.25, 0.3) is 5.91 Å². The molecule has 0 spiro atoms. The van der Waals surface area contributed by atoms with Gasteiger partial charge in [0.1, 0.15) is 0 Å². The van der Waals surface area contributed by atoms with E-state index >= 15 is 0 Å². The van der Waals surface area contributed by atoms with Crippen LogP contribution in [-0.4, -0.2) is 23.5 Å². The second-order valence-corrected chi connectivity index (χ2v) is 5.68. The Morgan fingerprint density at radius 1 is 1.20 bits per heavy atom. The van der Waals surface area contributed by atoms with Crippen LogP contribution >= 0.6 is 0 Å². The summed E-state index contributed by atoms with van der Waals surface area (Å²) < 4.78 is 0. The number of nitrogens with one attached hydrogen (secondary N) is 1. The van der Waals surface area contributed by atoms with E-state index in [4.69, 9.17) is 0 Å². The Morgan fingerprint density at radius 3 is 2.10 bits per heavy atom. The topological polar surface area (TPSA) is 66.4 Å². The smallest absolute Gasteiger partial charge is 0.311 e. The van der Waals surface area contributed by atoms with Crippen molar-refractivity contribution in [2.45, 2.75) is 41.0 Å². The van der Waals surface area contributed by atoms with Crippen molar-refractivity contribution in [2.75, 3.05) is 6.54 Å². The summed E-state index contributed by atoms with van der Waals surface area (Å²) in [6.45, 7) is 9.36. The molecule has 0 aliphatic rings. The van der Waals surface area contributed by atoms with Gasteiger partial charge >= 0.3 is 5.97 Å². The number of rotatable bonds is 5. The summed E-state index contributed by atoms with van der Waals surface area (Å²) in [5.41, 5.74) is 2.64. The predicted octanol–water partition coefficient (Wildman–Crippen LogP) is 2.84. The molecule has 2 N–H and O–H groups in total. The summed E-state index contributed by atoms with van der Waals surface area (Å²) in [4.78, 5) is 23.5. The molecule has 0 saturated carbocycles. The van der Waals surface area contributed by atoms with E-state index in [1.54, 1.807) is 6.92 Å². The molecule has 0 aromatic heterocycles. The van der Waals surface area contributed by atoms with Crippen LogP contribution in [0.5, 0.6) is 0 Å². The molecule has 0 heterocycles. The fourth-order valence-corrected chi connectivity index (χ4v) is 2.25. The van der Waals surface area contributed by atoms with Gasteiger partial charge in [0.15, 0.2) is 0 Å². The zero-order valence-corrected chi connectivity index (χ0v) is 12.8. The Morgan fingerprint density at radius 2 is 1.70 bits per heavy atom. The number of carbonyl (C=O) groups is 2. The van der Waals surface area contributed by atoms with Crippen LogP contribution in [0.1, 0.15) is 47.3 Å². The molecule has 20 heavy (non-hydrogen) atoms. The third kappa shape index (κ3) is 3.38. The first-order valence-electron chi connectivity index (χ1n) is 6.80. The summed E-state index contributed by atoms with van der Waals surface area (Å²) >= 11 is 0. The van der Waals surface area contributed by atoms with Crippen molar-refractivity contribution in [3.05, 3.63) is 34.4 Å². The van der Waals surface area contributed by atoms with Gasteiger partial charge in [0.05, 0.1) is 5.41 Å². The van der Waals surface area contributed by atoms with Crippen LogP contribution in [0.15, 0.2) is 12.1 Å². The normalized spacial score (nSPS) is 13.7. The minimum atomic E-state index is -0.928. The lowest BCUT2D eigenvalue weighted by Crippen LogP contribution is -2.41. The molecule has 0 fully saturated rings. The first-order valence-corrected chi connectivity index (χ1v) is 6.80. The third-order valence-corrected chi connectivity index (χ3v) is 3.84. The molecule has 1 aromatic rings. The Hall–Kier alpha value is -1.84. The Balaban J connectivity index is 2.91. The molecule has 110 valence electrons. The monoisotopic (exact) mass is 277 g/mol. The van der Waals surface area contributed by atoms with Gasteiger partial charge in [-0.05, 0) is 45.2 Å². The van der Waals surface area contributed by atoms with E-state index in [2.05, 4.69) is 5.32 Å². The van der Waals surface area contributed by atoms with Crippen LogP contribution in [0.4, 0.5) is 0 Å². The fraction of sp³-hybridized carbons (Fsp3) is 0.500. The summed E-state index contributed by atoms with van der Waals surface area (Å²) in [6.07, 6.45) is 0.467. The van der Waals surface area contributed by atoms with Crippen molar-refractivity contribution in [3.8, 4) is 0 Å². The molecule has 1 unspecified atom stereocenters. The number of carboxylic acid groups (broad SMARTS) is 1. The molecule has 4 heteroatoms. The lowest BCUT2D eigenvalue weighted by atomic mass is 9.87. The van der Waals surface area contributed by atoms with Crippen molar-refractivity contribution in [2.24, 2.45) is 5.41 Å². The van der Waals surface area contributed by atoms with Gasteiger partial charge in [0.2, 0.25) is 0 Å². The van der Waals surface area contributed by atoms with E-state index in [1.165, 1.54) is 0 Å². The van der Waals surface area contributed by atoms with Crippen molar-refractivity contribution in [3.63, 3.8) is 0 Å². The minimum Gasteiger partial charge on any atom is -0.481 e. The number of hydrogen-bond acceptors (Lipinski definition) is 2. The molecule has 0 saturated heterocycles. The van der Waals surface area contributed by atoms with Crippen LogP contribution in [-0.2, 0) is 4.79 Å². The van der Waals surface area contributed by atoms with E-state index in [-0.39, 0.29) is 12.5 Å². The quantitative estimate of drug-likeness (QED) is 0.869. The second-order valence-electron chi connectivity index (χ2n) is 5.68. The molecule has 0 radical (unpaired) electrons. The third-order valence-electron chi connectivity index (χ3n) is 3.84. The van der Waals surface area contributed by atoms with Gasteiger partial charge in [0, 0.05) is 12.1 Å². The van der Waals surface area contributed by atoms with Crippen molar-refractivity contribution >= 4 is 11.9 Å². The number of hydrogen-bond donors (Lipinski definition) is 2. The first kappa shape index (κ1) is 16.2. The van der Waals surface area contributed by atoms with E-state index < -0.39 is 11.4 Å². The van der Waals surface area contributed by atoms with Gasteiger partial charge in [-0.2, -0.15) is 0 Å². The van der Waals surface area contributed by atoms with Crippen LogP contribution in [0.2, 0.25) is 0 Å². The lowest BCUT2D eigenvalue weighted by Gasteiger charge is -2.23. The van der Waals surface area contributed by atoms with E-state index in [0.29, 0.717) is 12.0 Å². The number of benzene rings is 1. The van der Waals surface area contributed by atoms with E-state index in [1.807, 2.05) is 39.8 Å². The Labute approximate surface area is 120 Å². The highest BCUT2D eigenvalue weighted by Crippen LogP contribution is 2.21. The Bertz CT molecular complexity index is 514. The highest BCUT2D eigenvalue weighted by molar-refractivity contribution is 5.97. The first-order chi connectivity index (χ1) is 9.21. The highest BCUT2D eigenvalue weighted by atomic mass is 16.4. The number of carbonyl (C=O) groups excluding carboxylic acids is 1. The lowest BCUT2D eigenvalue weighted by molar-refractivity contribution is -0.147. The zero-order valence-electron chi connectivity index (χ0n) is 12.8. The maximum Gasteiger partial charge on any atom is 0.311 e. The predicted molar refractivity (Wildman–Crippen MR) is 79.0 cm³/mol. The molecule has 1 amide bonds. The van der Waals surface area contributed by atoms with Crippen molar-refractivity contribution < 1.29 is 14.7 Å². The van der Waals surface area contributed by atoms with Crippen molar-refractivity contribution in [1.29, 1.82) is 0 Å². The number of aliphatic carboxylic acids is 1. The van der Waals surface area contributed by atoms with E-state index in [0.717, 1.165) is 16.7 Å². The van der Waals surface area contributed by atoms with Gasteiger partial charge < -0.3 is 10.4 Å². The average molecular weight is 277 g/mol. The maximum absolute atomic E-state index is 12.3. The number of aryl methyl sites for hydroxylation is 3. The van der Waals surface area contributed by atoms with Crippen LogP contribution in [0.25, 0.3) is 0 Å². The summed E-state index contributed by atoms with van der Waals surface area (Å²) in [5, 5.41) is 12.0. The SMILES string of the molecule is CCC(C)(CNC(=O)c1c(C)cc(C)cc1C)C(=O)O. The molecule has 0 aliphatic carbocycles. The van der Waals surface area contributed by atoms with Gasteiger partial charge in [-0.15, -0.1) is 0 Å². The van der Waals surface area contributed by atoms with Crippen LogP contribution in [0.3, 0.4) is 0 Å². The second kappa shape index (κ2) is 6.07. The zero-order chi connectivity index (χ0) is 15.5. The molecule has 1 atom stereocenters. The minimum absolute atomic E-state index is 0.129. The average Bonchev–Trinajstić information content (AvgIpc) is 2.34. The van der Waals surface area contributed by atoms with Crippen molar-refractivity contribution in [1.82, 2.24) is 5.32 Å². The van der Waals surface area contributed by atoms with Gasteiger partial charge in [-0.3, -0.25) is 9.59 Å². The highest BCUT2D eigenvalue weighted by Gasteiger charge is 2.31. The van der Waals surface area contributed by atoms with Gasteiger partial charge in [-0.1, -0.05) is 24.6 Å².